The number of anilines is 1. The normalized spacial score (nSPS) is 18.8. The van der Waals surface area contributed by atoms with Crippen LogP contribution in [-0.2, 0) is 31.5 Å². The fraction of sp³-hybridized carbons (Fsp3) is 0.364. The van der Waals surface area contributed by atoms with Crippen molar-refractivity contribution in [3.05, 3.63) is 52.7 Å². The van der Waals surface area contributed by atoms with Gasteiger partial charge in [-0.3, -0.25) is 14.6 Å². The van der Waals surface area contributed by atoms with Crippen LogP contribution in [0.1, 0.15) is 17.5 Å². The Labute approximate surface area is 217 Å². The van der Waals surface area contributed by atoms with Crippen molar-refractivity contribution in [2.75, 3.05) is 18.9 Å². The Balaban J connectivity index is 1.97. The molecule has 1 aromatic carbocycles. The molecule has 0 fully saturated rings. The lowest BCUT2D eigenvalue weighted by molar-refractivity contribution is -0.204. The van der Waals surface area contributed by atoms with Crippen molar-refractivity contribution in [1.82, 2.24) is 4.90 Å². The number of hydrogen-bond donors (Lipinski definition) is 1. The van der Waals surface area contributed by atoms with Crippen molar-refractivity contribution in [3.8, 4) is 0 Å². The van der Waals surface area contributed by atoms with Gasteiger partial charge in [0.05, 0.1) is 28.5 Å². The highest BCUT2D eigenvalue weighted by Crippen LogP contribution is 2.38. The molecular formula is C22H16F9N3O4S. The second kappa shape index (κ2) is 10.9. The number of likely N-dealkylation sites (N-methyl/N-ethyl adjacent to an activating group) is 1. The number of thioether (sulfide) groups is 1. The minimum atomic E-state index is -5.66. The van der Waals surface area contributed by atoms with E-state index in [1.165, 1.54) is 29.5 Å². The molecule has 2 aliphatic rings. The largest absolute Gasteiger partial charge is 0.491 e. The van der Waals surface area contributed by atoms with E-state index in [4.69, 9.17) is 0 Å². The first-order chi connectivity index (χ1) is 17.9. The number of nitrogens with one attached hydrogen (secondary N) is 1. The number of halogens is 9. The molecule has 1 aliphatic heterocycles. The maximum atomic E-state index is 13.2. The Bertz CT molecular complexity index is 1210. The highest BCUT2D eigenvalue weighted by atomic mass is 32.2. The molecule has 0 aromatic heterocycles. The van der Waals surface area contributed by atoms with Gasteiger partial charge >= 0.3 is 24.5 Å². The van der Waals surface area contributed by atoms with Gasteiger partial charge < -0.3 is 15.0 Å². The standard InChI is InChI=1S/C22H16F9N3O4S/c1-34(13-2-3-15(35)14(7-13)16-8-32-9-39-16)18(36)17(38-19(37)22(29,30)31)33-12-5-10(20(23,24)25)4-11(6-12)21(26,27)28/h2,4-7,9,16-17,33H,3,8H2,1H3. The first-order valence-electron chi connectivity index (χ1n) is 10.6. The summed E-state index contributed by atoms with van der Waals surface area (Å²) in [5.74, 6) is -4.76. The van der Waals surface area contributed by atoms with E-state index in [1.54, 1.807) is 5.32 Å². The predicted octanol–water partition coefficient (Wildman–Crippen LogP) is 4.95. The van der Waals surface area contributed by atoms with E-state index in [9.17, 15) is 53.9 Å². The van der Waals surface area contributed by atoms with Gasteiger partial charge in [-0.1, -0.05) is 6.08 Å². The number of hydrogen-bond acceptors (Lipinski definition) is 7. The summed E-state index contributed by atoms with van der Waals surface area (Å²) >= 11 is 1.20. The van der Waals surface area contributed by atoms with Crippen LogP contribution in [0.4, 0.5) is 45.2 Å². The lowest BCUT2D eigenvalue weighted by Crippen LogP contribution is -2.45. The third kappa shape index (κ3) is 7.33. The highest BCUT2D eigenvalue weighted by molar-refractivity contribution is 8.13. The Morgan fingerprint density at radius 1 is 1.05 bits per heavy atom. The average molecular weight is 589 g/mol. The molecule has 1 aliphatic carbocycles. The number of alkyl halides is 9. The number of amides is 1. The molecule has 39 heavy (non-hydrogen) atoms. The van der Waals surface area contributed by atoms with Gasteiger partial charge in [0.1, 0.15) is 0 Å². The zero-order valence-corrected chi connectivity index (χ0v) is 20.2. The van der Waals surface area contributed by atoms with Crippen molar-refractivity contribution in [2.24, 2.45) is 4.99 Å². The number of esters is 1. The van der Waals surface area contributed by atoms with E-state index < -0.39 is 58.7 Å². The number of Topliss-reactive ketones (excluding diaryl/α,β-unsaturated/α-hetero) is 1. The molecule has 2 atom stereocenters. The van der Waals surface area contributed by atoms with Crippen molar-refractivity contribution in [3.63, 3.8) is 0 Å². The minimum absolute atomic E-state index is 0.0445. The maximum Gasteiger partial charge on any atom is 0.491 e. The predicted molar refractivity (Wildman–Crippen MR) is 119 cm³/mol. The number of benzene rings is 1. The number of aliphatic imine (C=N–C) groups is 1. The lowest BCUT2D eigenvalue weighted by atomic mass is 9.98. The van der Waals surface area contributed by atoms with E-state index in [-0.39, 0.29) is 48.2 Å². The first-order valence-corrected chi connectivity index (χ1v) is 11.5. The molecule has 7 nitrogen and oxygen atoms in total. The zero-order valence-electron chi connectivity index (χ0n) is 19.4. The number of carbonyl (C=O) groups excluding carboxylic acids is 3. The van der Waals surface area contributed by atoms with Crippen molar-refractivity contribution >= 4 is 40.7 Å². The molecule has 0 saturated carbocycles. The summed E-state index contributed by atoms with van der Waals surface area (Å²) in [5.41, 5.74) is -3.11. The Morgan fingerprint density at radius 2 is 1.64 bits per heavy atom. The van der Waals surface area contributed by atoms with Crippen LogP contribution in [0.25, 0.3) is 0 Å². The topological polar surface area (TPSA) is 88.1 Å². The van der Waals surface area contributed by atoms with Gasteiger partial charge in [-0.15, -0.1) is 11.8 Å². The fourth-order valence-electron chi connectivity index (χ4n) is 3.40. The second-order valence-corrected chi connectivity index (χ2v) is 9.12. The maximum absolute atomic E-state index is 13.2. The number of nitrogens with zero attached hydrogens (tertiary/aromatic N) is 2. The Morgan fingerprint density at radius 3 is 2.13 bits per heavy atom. The van der Waals surface area contributed by atoms with Crippen molar-refractivity contribution < 1.29 is 58.6 Å². The molecule has 0 radical (unpaired) electrons. The van der Waals surface area contributed by atoms with Crippen LogP contribution in [0.15, 0.2) is 46.6 Å². The molecule has 1 N–H and O–H groups in total. The molecule has 1 aromatic rings. The van der Waals surface area contributed by atoms with Gasteiger partial charge in [0.25, 0.3) is 12.1 Å². The van der Waals surface area contributed by atoms with Crippen LogP contribution in [0.3, 0.4) is 0 Å². The monoisotopic (exact) mass is 589 g/mol. The summed E-state index contributed by atoms with van der Waals surface area (Å²) < 4.78 is 122. The number of carbonyl (C=O) groups is 3. The summed E-state index contributed by atoms with van der Waals surface area (Å²) in [5, 5.41) is 1.32. The molecule has 0 spiro atoms. The third-order valence-electron chi connectivity index (χ3n) is 5.32. The summed E-state index contributed by atoms with van der Waals surface area (Å²) in [6.45, 7) is 0.234. The van der Waals surface area contributed by atoms with Crippen molar-refractivity contribution in [2.45, 2.75) is 36.4 Å². The fourth-order valence-corrected chi connectivity index (χ4v) is 4.24. The average Bonchev–Trinajstić information content (AvgIpc) is 3.36. The van der Waals surface area contributed by atoms with Crippen LogP contribution in [0.2, 0.25) is 0 Å². The van der Waals surface area contributed by atoms with Crippen molar-refractivity contribution in [1.29, 1.82) is 0 Å². The third-order valence-corrected chi connectivity index (χ3v) is 6.33. The van der Waals surface area contributed by atoms with Crippen LogP contribution in [0.5, 0.6) is 0 Å². The SMILES string of the molecule is CN(C(=O)C(Nc1cc(C(F)(F)F)cc(C(F)(F)F)c1)OC(=O)C(F)(F)F)C1=CCC(=O)C(C2CN=CS2)=C1. The van der Waals surface area contributed by atoms with Gasteiger partial charge in [0.2, 0.25) is 0 Å². The number of allylic oxidation sites excluding steroid dienone is 2. The second-order valence-electron chi connectivity index (χ2n) is 8.07. The van der Waals surface area contributed by atoms with Gasteiger partial charge in [0.15, 0.2) is 5.78 Å². The molecule has 3 rings (SSSR count). The lowest BCUT2D eigenvalue weighted by Gasteiger charge is -2.28. The number of rotatable bonds is 6. The van der Waals surface area contributed by atoms with Crippen LogP contribution < -0.4 is 5.32 Å². The van der Waals surface area contributed by atoms with E-state index in [1.807, 2.05) is 0 Å². The summed E-state index contributed by atoms with van der Waals surface area (Å²) in [4.78, 5) is 41.5. The van der Waals surface area contributed by atoms with E-state index in [2.05, 4.69) is 9.73 Å². The van der Waals surface area contributed by atoms with Gasteiger partial charge in [-0.05, 0) is 24.3 Å². The molecule has 0 saturated heterocycles. The van der Waals surface area contributed by atoms with Crippen LogP contribution in [-0.4, -0.2) is 59.4 Å². The minimum Gasteiger partial charge on any atom is -0.425 e. The molecule has 1 amide bonds. The summed E-state index contributed by atoms with van der Waals surface area (Å²) in [6.07, 6.45) is -16.7. The highest BCUT2D eigenvalue weighted by Gasteiger charge is 2.44. The summed E-state index contributed by atoms with van der Waals surface area (Å²) in [6, 6.07) is -0.0353. The van der Waals surface area contributed by atoms with E-state index in [0.717, 1.165) is 7.05 Å². The molecular weight excluding hydrogens is 573 g/mol. The molecule has 1 heterocycles. The first kappa shape index (κ1) is 30.0. The van der Waals surface area contributed by atoms with E-state index in [0.29, 0.717) is 4.90 Å². The number of ether oxygens (including phenoxy) is 1. The molecule has 212 valence electrons. The summed E-state index contributed by atoms with van der Waals surface area (Å²) in [7, 11) is 1.000. The van der Waals surface area contributed by atoms with E-state index >= 15 is 0 Å². The Kier molecular flexibility index (Phi) is 8.43. The smallest absolute Gasteiger partial charge is 0.425 e. The number of ketones is 1. The van der Waals surface area contributed by atoms with Crippen LogP contribution >= 0.6 is 11.8 Å². The van der Waals surface area contributed by atoms with Gasteiger partial charge in [-0.2, -0.15) is 39.5 Å². The van der Waals surface area contributed by atoms with Gasteiger partial charge in [-0.25, -0.2) is 4.79 Å². The van der Waals surface area contributed by atoms with Crippen LogP contribution in [0, 0.1) is 0 Å². The molecule has 0 bridgehead atoms. The van der Waals surface area contributed by atoms with Gasteiger partial charge in [0, 0.05) is 30.4 Å². The molecule has 2 unspecified atom stereocenters. The zero-order chi connectivity index (χ0) is 29.3. The quantitative estimate of drug-likeness (QED) is 0.287. The Hall–Kier alpha value is -3.50. The molecule has 17 heteroatoms.